The minimum absolute atomic E-state index is 0.201. The molecule has 0 saturated heterocycles. The summed E-state index contributed by atoms with van der Waals surface area (Å²) in [5.74, 6) is -0.201. The predicted octanol–water partition coefficient (Wildman–Crippen LogP) is 4.05. The third-order valence-corrected chi connectivity index (χ3v) is 3.60. The zero-order valence-corrected chi connectivity index (χ0v) is 13.5. The van der Waals surface area contributed by atoms with Crippen LogP contribution >= 0.6 is 0 Å². The molecule has 0 spiro atoms. The zero-order valence-electron chi connectivity index (χ0n) is 13.5. The van der Waals surface area contributed by atoms with Crippen LogP contribution in [0.1, 0.15) is 27.3 Å². The number of anilines is 1. The highest BCUT2D eigenvalue weighted by molar-refractivity contribution is 6.03. The second kappa shape index (κ2) is 6.08. The van der Waals surface area contributed by atoms with Gasteiger partial charge in [-0.3, -0.25) is 4.79 Å². The monoisotopic (exact) mass is 305 g/mol. The van der Waals surface area contributed by atoms with E-state index in [2.05, 4.69) is 16.5 Å². The zero-order chi connectivity index (χ0) is 16.4. The molecule has 0 aliphatic rings. The number of aromatic nitrogens is 2. The van der Waals surface area contributed by atoms with Gasteiger partial charge in [0.1, 0.15) is 0 Å². The van der Waals surface area contributed by atoms with E-state index in [4.69, 9.17) is 0 Å². The largest absolute Gasteiger partial charge is 0.321 e. The highest BCUT2D eigenvalue weighted by Crippen LogP contribution is 2.16. The van der Waals surface area contributed by atoms with E-state index in [-0.39, 0.29) is 5.91 Å². The smallest absolute Gasteiger partial charge is 0.276 e. The van der Waals surface area contributed by atoms with Gasteiger partial charge in [0, 0.05) is 11.4 Å². The summed E-state index contributed by atoms with van der Waals surface area (Å²) in [6.07, 6.45) is 0. The summed E-state index contributed by atoms with van der Waals surface area (Å²) >= 11 is 0. The fourth-order valence-electron chi connectivity index (χ4n) is 2.66. The van der Waals surface area contributed by atoms with E-state index in [1.54, 1.807) is 10.7 Å². The minimum Gasteiger partial charge on any atom is -0.321 e. The third kappa shape index (κ3) is 3.31. The number of rotatable bonds is 3. The van der Waals surface area contributed by atoms with Crippen LogP contribution in [0.15, 0.2) is 54.6 Å². The molecule has 0 aliphatic heterocycles. The lowest BCUT2D eigenvalue weighted by molar-refractivity contribution is 0.102. The fraction of sp³-hybridized carbons (Fsp3) is 0.158. The van der Waals surface area contributed by atoms with Gasteiger partial charge in [0.25, 0.3) is 5.91 Å². The average molecular weight is 305 g/mol. The van der Waals surface area contributed by atoms with E-state index in [9.17, 15) is 4.79 Å². The lowest BCUT2D eigenvalue weighted by Crippen LogP contribution is -2.13. The molecule has 23 heavy (non-hydrogen) atoms. The van der Waals surface area contributed by atoms with Crippen LogP contribution in [-0.2, 0) is 0 Å². The second-order valence-corrected chi connectivity index (χ2v) is 5.75. The normalized spacial score (nSPS) is 10.6. The summed E-state index contributed by atoms with van der Waals surface area (Å²) in [5.41, 5.74) is 5.29. The van der Waals surface area contributed by atoms with Gasteiger partial charge in [-0.1, -0.05) is 24.3 Å². The van der Waals surface area contributed by atoms with E-state index >= 15 is 0 Å². The summed E-state index contributed by atoms with van der Waals surface area (Å²) in [5, 5.41) is 7.34. The number of amides is 1. The van der Waals surface area contributed by atoms with Crippen molar-refractivity contribution < 1.29 is 4.79 Å². The van der Waals surface area contributed by atoms with Crippen molar-refractivity contribution in [2.75, 3.05) is 5.32 Å². The number of hydrogen-bond acceptors (Lipinski definition) is 2. The third-order valence-electron chi connectivity index (χ3n) is 3.60. The number of nitrogens with one attached hydrogen (secondary N) is 1. The summed E-state index contributed by atoms with van der Waals surface area (Å²) in [7, 11) is 0. The van der Waals surface area contributed by atoms with Gasteiger partial charge in [-0.25, -0.2) is 4.68 Å². The summed E-state index contributed by atoms with van der Waals surface area (Å²) in [6, 6.07) is 17.6. The van der Waals surface area contributed by atoms with E-state index in [0.29, 0.717) is 5.69 Å². The van der Waals surface area contributed by atoms with Gasteiger partial charge in [0.05, 0.1) is 5.69 Å². The van der Waals surface area contributed by atoms with Gasteiger partial charge in [0.15, 0.2) is 5.69 Å². The topological polar surface area (TPSA) is 46.9 Å². The van der Waals surface area contributed by atoms with Crippen molar-refractivity contribution >= 4 is 11.6 Å². The van der Waals surface area contributed by atoms with Gasteiger partial charge < -0.3 is 5.32 Å². The minimum atomic E-state index is -0.201. The Morgan fingerprint density at radius 1 is 0.957 bits per heavy atom. The maximum atomic E-state index is 12.4. The second-order valence-electron chi connectivity index (χ2n) is 5.75. The Bertz CT molecular complexity index is 830. The lowest BCUT2D eigenvalue weighted by atomic mass is 10.1. The van der Waals surface area contributed by atoms with Gasteiger partial charge >= 0.3 is 0 Å². The first-order valence-corrected chi connectivity index (χ1v) is 7.55. The molecule has 1 N–H and O–H groups in total. The van der Waals surface area contributed by atoms with Crippen molar-refractivity contribution in [1.29, 1.82) is 0 Å². The Morgan fingerprint density at radius 2 is 1.61 bits per heavy atom. The SMILES string of the molecule is Cc1cc(C)cc(NC(=O)c2cc(C)n(-c3ccccc3)n2)c1. The van der Waals surface area contributed by atoms with Crippen LogP contribution < -0.4 is 5.32 Å². The molecule has 4 heteroatoms. The molecule has 3 aromatic rings. The highest BCUT2D eigenvalue weighted by Gasteiger charge is 2.13. The van der Waals surface area contributed by atoms with Gasteiger partial charge in [-0.15, -0.1) is 0 Å². The molecule has 0 fully saturated rings. The number of para-hydroxylation sites is 1. The maximum absolute atomic E-state index is 12.4. The first-order valence-electron chi connectivity index (χ1n) is 7.55. The Balaban J connectivity index is 1.86. The van der Waals surface area contributed by atoms with Crippen LogP contribution in [0.2, 0.25) is 0 Å². The first kappa shape index (κ1) is 15.0. The number of nitrogens with zero attached hydrogens (tertiary/aromatic N) is 2. The number of carbonyl (C=O) groups excluding carboxylic acids is 1. The molecule has 0 bridgehead atoms. The highest BCUT2D eigenvalue weighted by atomic mass is 16.1. The first-order chi connectivity index (χ1) is 11.0. The molecule has 2 aromatic carbocycles. The molecule has 3 rings (SSSR count). The van der Waals surface area contributed by atoms with E-state index in [1.807, 2.05) is 63.2 Å². The van der Waals surface area contributed by atoms with Crippen LogP contribution in [0.5, 0.6) is 0 Å². The van der Waals surface area contributed by atoms with Crippen LogP contribution in [-0.4, -0.2) is 15.7 Å². The fourth-order valence-corrected chi connectivity index (χ4v) is 2.66. The van der Waals surface area contributed by atoms with Gasteiger partial charge in [0.2, 0.25) is 0 Å². The number of benzene rings is 2. The number of hydrogen-bond donors (Lipinski definition) is 1. The van der Waals surface area contributed by atoms with Crippen LogP contribution in [0.25, 0.3) is 5.69 Å². The molecule has 0 saturated carbocycles. The van der Waals surface area contributed by atoms with Crippen molar-refractivity contribution in [2.45, 2.75) is 20.8 Å². The summed E-state index contributed by atoms with van der Waals surface area (Å²) in [6.45, 7) is 5.96. The lowest BCUT2D eigenvalue weighted by Gasteiger charge is -2.06. The van der Waals surface area contributed by atoms with Gasteiger partial charge in [-0.05, 0) is 62.2 Å². The molecular weight excluding hydrogens is 286 g/mol. The number of aryl methyl sites for hydroxylation is 3. The Hall–Kier alpha value is -2.88. The van der Waals surface area contributed by atoms with E-state index in [1.165, 1.54) is 0 Å². The quantitative estimate of drug-likeness (QED) is 0.793. The average Bonchev–Trinajstić information content (AvgIpc) is 2.89. The molecule has 0 radical (unpaired) electrons. The Kier molecular flexibility index (Phi) is 3.98. The predicted molar refractivity (Wildman–Crippen MR) is 92.2 cm³/mol. The van der Waals surface area contributed by atoms with E-state index in [0.717, 1.165) is 28.2 Å². The van der Waals surface area contributed by atoms with E-state index < -0.39 is 0 Å². The van der Waals surface area contributed by atoms with Crippen molar-refractivity contribution in [3.05, 3.63) is 77.1 Å². The van der Waals surface area contributed by atoms with Crippen molar-refractivity contribution in [3.63, 3.8) is 0 Å². The molecule has 0 atom stereocenters. The Morgan fingerprint density at radius 3 is 2.26 bits per heavy atom. The van der Waals surface area contributed by atoms with Crippen LogP contribution in [0.3, 0.4) is 0 Å². The molecule has 1 aromatic heterocycles. The maximum Gasteiger partial charge on any atom is 0.276 e. The Labute approximate surface area is 135 Å². The van der Waals surface area contributed by atoms with Gasteiger partial charge in [-0.2, -0.15) is 5.10 Å². The molecule has 1 amide bonds. The summed E-state index contributed by atoms with van der Waals surface area (Å²) in [4.78, 5) is 12.4. The van der Waals surface area contributed by atoms with Crippen molar-refractivity contribution in [3.8, 4) is 5.69 Å². The van der Waals surface area contributed by atoms with Crippen molar-refractivity contribution in [1.82, 2.24) is 9.78 Å². The molecule has 4 nitrogen and oxygen atoms in total. The van der Waals surface area contributed by atoms with Crippen LogP contribution in [0, 0.1) is 20.8 Å². The standard InChI is InChI=1S/C19H19N3O/c1-13-9-14(2)11-16(10-13)20-19(23)18-12-15(3)22(21-18)17-7-5-4-6-8-17/h4-12H,1-3H3,(H,20,23). The number of carbonyl (C=O) groups is 1. The summed E-state index contributed by atoms with van der Waals surface area (Å²) < 4.78 is 1.77. The molecular formula is C19H19N3O. The molecule has 1 heterocycles. The molecule has 116 valence electrons. The van der Waals surface area contributed by atoms with Crippen LogP contribution in [0.4, 0.5) is 5.69 Å². The molecule has 0 aliphatic carbocycles. The molecule has 0 unspecified atom stereocenters. The van der Waals surface area contributed by atoms with Crippen molar-refractivity contribution in [2.24, 2.45) is 0 Å².